The van der Waals surface area contributed by atoms with Crippen molar-refractivity contribution in [3.05, 3.63) is 64.7 Å². The molecule has 226 valence electrons. The molecule has 0 aliphatic heterocycles. The molecule has 12 heteroatoms. The summed E-state index contributed by atoms with van der Waals surface area (Å²) in [5, 5.41) is 3.63. The van der Waals surface area contributed by atoms with Gasteiger partial charge >= 0.3 is 6.18 Å². The highest BCUT2D eigenvalue weighted by Gasteiger charge is 2.32. The van der Waals surface area contributed by atoms with Gasteiger partial charge in [0.1, 0.15) is 6.04 Å². The minimum atomic E-state index is -4.63. The lowest BCUT2D eigenvalue weighted by Crippen LogP contribution is -2.51. The fraction of sp³-hybridized carbons (Fsp3) is 0.517. The van der Waals surface area contributed by atoms with Crippen molar-refractivity contribution in [1.82, 2.24) is 10.2 Å². The highest BCUT2D eigenvalue weighted by atomic mass is 35.5. The summed E-state index contributed by atoms with van der Waals surface area (Å²) in [6, 6.07) is 10.3. The second-order valence-corrected chi connectivity index (χ2v) is 12.7. The van der Waals surface area contributed by atoms with Gasteiger partial charge in [-0.25, -0.2) is 8.42 Å². The zero-order valence-electron chi connectivity index (χ0n) is 23.3. The standard InChI is InChI=1S/C29H37ClF3N3O4S/c1-3-26(28(38)34-24-10-5-4-6-11-24)35(20-21-14-16-23(30)17-15-21)27(37)13-8-18-36(41(2,39)40)25-12-7-9-22(19-25)29(31,32)33/h7,9,12,14-17,19,24,26H,3-6,8,10-11,13,18,20H2,1-2H3,(H,34,38)/t26-/m1/s1. The number of nitrogens with one attached hydrogen (secondary N) is 1. The number of nitrogens with zero attached hydrogens (tertiary/aromatic N) is 2. The second kappa shape index (κ2) is 14.4. The molecule has 1 saturated carbocycles. The Labute approximate surface area is 245 Å². The summed E-state index contributed by atoms with van der Waals surface area (Å²) in [5.74, 6) is -0.591. The second-order valence-electron chi connectivity index (χ2n) is 10.4. The minimum Gasteiger partial charge on any atom is -0.352 e. The highest BCUT2D eigenvalue weighted by Crippen LogP contribution is 2.32. The predicted octanol–water partition coefficient (Wildman–Crippen LogP) is 6.16. The first-order valence-electron chi connectivity index (χ1n) is 13.8. The molecule has 2 amide bonds. The molecule has 1 N–H and O–H groups in total. The van der Waals surface area contributed by atoms with Gasteiger partial charge < -0.3 is 10.2 Å². The molecule has 0 aromatic heterocycles. The summed E-state index contributed by atoms with van der Waals surface area (Å²) in [4.78, 5) is 28.4. The minimum absolute atomic E-state index is 0.0416. The number of carbonyl (C=O) groups is 2. The van der Waals surface area contributed by atoms with E-state index >= 15 is 0 Å². The number of benzene rings is 2. The first-order valence-corrected chi connectivity index (χ1v) is 16.0. The molecule has 1 fully saturated rings. The van der Waals surface area contributed by atoms with Crippen molar-refractivity contribution in [2.75, 3.05) is 17.1 Å². The maximum absolute atomic E-state index is 13.6. The van der Waals surface area contributed by atoms with Crippen molar-refractivity contribution in [3.8, 4) is 0 Å². The molecular formula is C29H37ClF3N3O4S. The number of rotatable bonds is 12. The van der Waals surface area contributed by atoms with Crippen LogP contribution in [0, 0.1) is 0 Å². The van der Waals surface area contributed by atoms with Crippen molar-refractivity contribution in [1.29, 1.82) is 0 Å². The average molecular weight is 616 g/mol. The lowest BCUT2D eigenvalue weighted by molar-refractivity contribution is -0.141. The topological polar surface area (TPSA) is 86.8 Å². The van der Waals surface area contributed by atoms with E-state index in [1.54, 1.807) is 24.3 Å². The quantitative estimate of drug-likeness (QED) is 0.310. The van der Waals surface area contributed by atoms with Gasteiger partial charge in [-0.05, 0) is 61.6 Å². The molecule has 2 aromatic carbocycles. The van der Waals surface area contributed by atoms with Crippen LogP contribution in [-0.2, 0) is 32.3 Å². The third-order valence-electron chi connectivity index (χ3n) is 7.22. The zero-order chi connectivity index (χ0) is 30.2. The SMILES string of the molecule is CC[C@H](C(=O)NC1CCCCC1)N(Cc1ccc(Cl)cc1)C(=O)CCCN(c1cccc(C(F)(F)F)c1)S(C)(=O)=O. The summed E-state index contributed by atoms with van der Waals surface area (Å²) in [5.41, 5.74) is -0.330. The lowest BCUT2D eigenvalue weighted by Gasteiger charge is -2.33. The molecule has 1 aliphatic rings. The van der Waals surface area contributed by atoms with Gasteiger partial charge in [0.15, 0.2) is 0 Å². The average Bonchev–Trinajstić information content (AvgIpc) is 2.91. The van der Waals surface area contributed by atoms with Crippen LogP contribution in [0.3, 0.4) is 0 Å². The number of anilines is 1. The van der Waals surface area contributed by atoms with Crippen molar-refractivity contribution in [3.63, 3.8) is 0 Å². The Kier molecular flexibility index (Phi) is 11.5. The molecule has 0 spiro atoms. The fourth-order valence-corrected chi connectivity index (χ4v) is 6.17. The van der Waals surface area contributed by atoms with Crippen LogP contribution in [0.5, 0.6) is 0 Å². The monoisotopic (exact) mass is 615 g/mol. The van der Waals surface area contributed by atoms with Crippen molar-refractivity contribution >= 4 is 39.1 Å². The van der Waals surface area contributed by atoms with Gasteiger partial charge in [-0.1, -0.05) is 56.0 Å². The van der Waals surface area contributed by atoms with Gasteiger partial charge in [0, 0.05) is 30.6 Å². The highest BCUT2D eigenvalue weighted by molar-refractivity contribution is 7.92. The third-order valence-corrected chi connectivity index (χ3v) is 8.66. The van der Waals surface area contributed by atoms with Crippen LogP contribution in [0.25, 0.3) is 0 Å². The third kappa shape index (κ3) is 9.63. The first-order chi connectivity index (χ1) is 19.3. The van der Waals surface area contributed by atoms with Gasteiger partial charge in [0.2, 0.25) is 21.8 Å². The molecule has 0 saturated heterocycles. The van der Waals surface area contributed by atoms with E-state index in [2.05, 4.69) is 5.32 Å². The van der Waals surface area contributed by atoms with Crippen LogP contribution in [0.15, 0.2) is 48.5 Å². The molecule has 0 heterocycles. The first kappa shape index (κ1) is 32.7. The van der Waals surface area contributed by atoms with Crippen LogP contribution >= 0.6 is 11.6 Å². The van der Waals surface area contributed by atoms with E-state index < -0.39 is 27.8 Å². The van der Waals surface area contributed by atoms with Crippen molar-refractivity contribution in [2.24, 2.45) is 0 Å². The van der Waals surface area contributed by atoms with Crippen LogP contribution in [0.2, 0.25) is 5.02 Å². The summed E-state index contributed by atoms with van der Waals surface area (Å²) in [6.45, 7) is 1.77. The predicted molar refractivity (Wildman–Crippen MR) is 154 cm³/mol. The van der Waals surface area contributed by atoms with Crippen molar-refractivity contribution < 1.29 is 31.2 Å². The number of hydrogen-bond donors (Lipinski definition) is 1. The molecular weight excluding hydrogens is 579 g/mol. The largest absolute Gasteiger partial charge is 0.416 e. The molecule has 1 atom stereocenters. The molecule has 2 aromatic rings. The summed E-state index contributed by atoms with van der Waals surface area (Å²) in [6.07, 6.45) is 1.58. The number of carbonyl (C=O) groups excluding carboxylic acids is 2. The van der Waals surface area contributed by atoms with E-state index in [4.69, 9.17) is 11.6 Å². The Morgan fingerprint density at radius 2 is 1.73 bits per heavy atom. The van der Waals surface area contributed by atoms with Crippen LogP contribution < -0.4 is 9.62 Å². The zero-order valence-corrected chi connectivity index (χ0v) is 24.9. The molecule has 3 rings (SSSR count). The normalized spacial score (nSPS) is 15.3. The Morgan fingerprint density at radius 3 is 2.32 bits per heavy atom. The molecule has 0 radical (unpaired) electrons. The summed E-state index contributed by atoms with van der Waals surface area (Å²) < 4.78 is 65.6. The Morgan fingerprint density at radius 1 is 1.07 bits per heavy atom. The van der Waals surface area contributed by atoms with Gasteiger partial charge in [-0.2, -0.15) is 13.2 Å². The molecule has 0 bridgehead atoms. The fourth-order valence-electron chi connectivity index (χ4n) is 5.09. The summed E-state index contributed by atoms with van der Waals surface area (Å²) >= 11 is 6.02. The maximum atomic E-state index is 13.6. The van der Waals surface area contributed by atoms with Crippen LogP contribution in [0.4, 0.5) is 18.9 Å². The van der Waals surface area contributed by atoms with Gasteiger partial charge in [0.25, 0.3) is 0 Å². The van der Waals surface area contributed by atoms with Crippen LogP contribution in [0.1, 0.15) is 69.4 Å². The van der Waals surface area contributed by atoms with Crippen molar-refractivity contribution in [2.45, 2.75) is 83.1 Å². The van der Waals surface area contributed by atoms with E-state index in [0.29, 0.717) is 11.4 Å². The molecule has 41 heavy (non-hydrogen) atoms. The molecule has 0 unspecified atom stereocenters. The van der Waals surface area contributed by atoms with E-state index in [0.717, 1.165) is 66.4 Å². The van der Waals surface area contributed by atoms with E-state index in [1.807, 2.05) is 6.92 Å². The Bertz CT molecular complexity index is 1280. The smallest absolute Gasteiger partial charge is 0.352 e. The molecule has 7 nitrogen and oxygen atoms in total. The number of amides is 2. The van der Waals surface area contributed by atoms with E-state index in [9.17, 15) is 31.2 Å². The Hall–Kier alpha value is -2.79. The van der Waals surface area contributed by atoms with Crippen LogP contribution in [-0.4, -0.2) is 50.0 Å². The number of alkyl halides is 3. The van der Waals surface area contributed by atoms with E-state index in [1.165, 1.54) is 11.0 Å². The summed E-state index contributed by atoms with van der Waals surface area (Å²) in [7, 11) is -3.94. The molecule has 1 aliphatic carbocycles. The Balaban J connectivity index is 1.77. The number of hydrogen-bond acceptors (Lipinski definition) is 4. The van der Waals surface area contributed by atoms with Gasteiger partial charge in [-0.3, -0.25) is 13.9 Å². The van der Waals surface area contributed by atoms with Gasteiger partial charge in [0.05, 0.1) is 17.5 Å². The van der Waals surface area contributed by atoms with E-state index in [-0.39, 0.29) is 49.5 Å². The van der Waals surface area contributed by atoms with Gasteiger partial charge in [-0.15, -0.1) is 0 Å². The number of sulfonamides is 1. The number of halogens is 4. The maximum Gasteiger partial charge on any atom is 0.416 e. The lowest BCUT2D eigenvalue weighted by atomic mass is 9.95.